The van der Waals surface area contributed by atoms with Crippen LogP contribution in [0.5, 0.6) is 0 Å². The molecule has 1 heterocycles. The molecule has 2 rings (SSSR count). The maximum absolute atomic E-state index is 12.6. The Kier molecular flexibility index (Phi) is 6.49. The summed E-state index contributed by atoms with van der Waals surface area (Å²) in [5.74, 6) is 0.317. The van der Waals surface area contributed by atoms with Crippen molar-refractivity contribution in [2.24, 2.45) is 0 Å². The van der Waals surface area contributed by atoms with Crippen LogP contribution in [0, 0.1) is 0 Å². The maximum Gasteiger partial charge on any atom is 0.236 e. The van der Waals surface area contributed by atoms with Crippen molar-refractivity contribution in [2.75, 3.05) is 26.7 Å². The first kappa shape index (κ1) is 16.8. The van der Waals surface area contributed by atoms with Crippen molar-refractivity contribution in [1.82, 2.24) is 15.1 Å². The normalized spacial score (nSPS) is 28.5. The molecule has 1 aliphatic carbocycles. The van der Waals surface area contributed by atoms with Gasteiger partial charge >= 0.3 is 0 Å². The number of piperazine rings is 1. The molecule has 1 saturated heterocycles. The lowest BCUT2D eigenvalue weighted by molar-refractivity contribution is -0.134. The van der Waals surface area contributed by atoms with Gasteiger partial charge in [-0.2, -0.15) is 0 Å². The Morgan fingerprint density at radius 1 is 1.19 bits per heavy atom. The first-order valence-corrected chi connectivity index (χ1v) is 8.88. The van der Waals surface area contributed by atoms with Gasteiger partial charge in [0.05, 0.1) is 6.54 Å². The predicted octanol–water partition coefficient (Wildman–Crippen LogP) is 2.24. The summed E-state index contributed by atoms with van der Waals surface area (Å²) in [6.45, 7) is 7.08. The van der Waals surface area contributed by atoms with Gasteiger partial charge < -0.3 is 10.2 Å². The van der Waals surface area contributed by atoms with E-state index in [1.54, 1.807) is 0 Å². The van der Waals surface area contributed by atoms with Crippen LogP contribution >= 0.6 is 0 Å². The number of carbonyl (C=O) groups excluding carboxylic acids is 1. The minimum Gasteiger partial charge on any atom is -0.342 e. The second-order valence-electron chi connectivity index (χ2n) is 6.80. The fourth-order valence-corrected chi connectivity index (χ4v) is 3.76. The topological polar surface area (TPSA) is 35.6 Å². The second-order valence-corrected chi connectivity index (χ2v) is 6.80. The summed E-state index contributed by atoms with van der Waals surface area (Å²) in [7, 11) is 2.01. The van der Waals surface area contributed by atoms with Crippen LogP contribution in [0.3, 0.4) is 0 Å². The van der Waals surface area contributed by atoms with Gasteiger partial charge in [-0.3, -0.25) is 9.69 Å². The highest BCUT2D eigenvalue weighted by Crippen LogP contribution is 2.22. The number of hydrogen-bond acceptors (Lipinski definition) is 3. The Morgan fingerprint density at radius 2 is 1.90 bits per heavy atom. The third-order valence-electron chi connectivity index (χ3n) is 5.43. The molecule has 1 saturated carbocycles. The molecule has 2 atom stereocenters. The molecule has 1 aliphatic heterocycles. The van der Waals surface area contributed by atoms with Gasteiger partial charge in [-0.05, 0) is 25.7 Å². The fourth-order valence-electron chi connectivity index (χ4n) is 3.76. The van der Waals surface area contributed by atoms with E-state index in [0.717, 1.165) is 25.9 Å². The highest BCUT2D eigenvalue weighted by molar-refractivity contribution is 5.78. The molecule has 1 amide bonds. The van der Waals surface area contributed by atoms with E-state index in [1.165, 1.54) is 32.1 Å². The highest BCUT2D eigenvalue weighted by Gasteiger charge is 2.29. The second kappa shape index (κ2) is 8.14. The number of amides is 1. The number of rotatable bonds is 5. The average molecular weight is 295 g/mol. The van der Waals surface area contributed by atoms with Crippen LogP contribution in [0.1, 0.15) is 58.8 Å². The van der Waals surface area contributed by atoms with Crippen LogP contribution in [-0.4, -0.2) is 60.5 Å². The van der Waals surface area contributed by atoms with Crippen molar-refractivity contribution >= 4 is 5.91 Å². The summed E-state index contributed by atoms with van der Waals surface area (Å²) < 4.78 is 0. The number of nitrogens with zero attached hydrogens (tertiary/aromatic N) is 2. The average Bonchev–Trinajstić information content (AvgIpc) is 2.54. The van der Waals surface area contributed by atoms with E-state index < -0.39 is 0 Å². The third kappa shape index (κ3) is 4.43. The lowest BCUT2D eigenvalue weighted by Crippen LogP contribution is -2.58. The molecule has 2 aliphatic rings. The van der Waals surface area contributed by atoms with Crippen molar-refractivity contribution in [3.8, 4) is 0 Å². The number of hydrogen-bond donors (Lipinski definition) is 1. The van der Waals surface area contributed by atoms with Crippen molar-refractivity contribution in [1.29, 1.82) is 0 Å². The summed E-state index contributed by atoms with van der Waals surface area (Å²) in [5, 5.41) is 3.60. The Labute approximate surface area is 130 Å². The quantitative estimate of drug-likeness (QED) is 0.845. The van der Waals surface area contributed by atoms with Crippen LogP contribution in [0.4, 0.5) is 0 Å². The molecule has 4 heteroatoms. The van der Waals surface area contributed by atoms with Gasteiger partial charge in [0.15, 0.2) is 0 Å². The lowest BCUT2D eigenvalue weighted by Gasteiger charge is -2.41. The van der Waals surface area contributed by atoms with E-state index in [1.807, 2.05) is 11.9 Å². The first-order chi connectivity index (χ1) is 10.2. The Balaban J connectivity index is 1.89. The minimum atomic E-state index is 0.317. The van der Waals surface area contributed by atoms with Gasteiger partial charge in [-0.1, -0.05) is 33.1 Å². The molecular weight excluding hydrogens is 262 g/mol. The van der Waals surface area contributed by atoms with Gasteiger partial charge in [-0.15, -0.1) is 0 Å². The zero-order valence-corrected chi connectivity index (χ0v) is 14.1. The van der Waals surface area contributed by atoms with Gasteiger partial charge in [-0.25, -0.2) is 0 Å². The standard InChI is InChI=1S/C17H33N3O/c1-4-14-12-20(15(5-2)11-18-14)13-17(21)19(3)16-9-7-6-8-10-16/h14-16,18H,4-13H2,1-3H3. The summed E-state index contributed by atoms with van der Waals surface area (Å²) >= 11 is 0. The summed E-state index contributed by atoms with van der Waals surface area (Å²) in [4.78, 5) is 17.1. The molecule has 0 aromatic rings. The van der Waals surface area contributed by atoms with Crippen LogP contribution in [0.25, 0.3) is 0 Å². The summed E-state index contributed by atoms with van der Waals surface area (Å²) in [5.41, 5.74) is 0. The molecule has 0 aromatic carbocycles. The molecule has 2 unspecified atom stereocenters. The highest BCUT2D eigenvalue weighted by atomic mass is 16.2. The van der Waals surface area contributed by atoms with Crippen LogP contribution in [0.2, 0.25) is 0 Å². The number of carbonyl (C=O) groups is 1. The largest absolute Gasteiger partial charge is 0.342 e. The van der Waals surface area contributed by atoms with Crippen molar-refractivity contribution in [3.63, 3.8) is 0 Å². The van der Waals surface area contributed by atoms with Crippen molar-refractivity contribution < 1.29 is 4.79 Å². The van der Waals surface area contributed by atoms with Gasteiger partial charge in [0, 0.05) is 38.3 Å². The Hall–Kier alpha value is -0.610. The summed E-state index contributed by atoms with van der Waals surface area (Å²) in [6, 6.07) is 1.54. The van der Waals surface area contributed by atoms with Gasteiger partial charge in [0.25, 0.3) is 0 Å². The zero-order valence-electron chi connectivity index (χ0n) is 14.1. The first-order valence-electron chi connectivity index (χ1n) is 8.88. The Bertz CT molecular complexity index is 328. The van der Waals surface area contributed by atoms with Crippen molar-refractivity contribution in [2.45, 2.75) is 76.9 Å². The van der Waals surface area contributed by atoms with E-state index >= 15 is 0 Å². The van der Waals surface area contributed by atoms with E-state index in [0.29, 0.717) is 30.6 Å². The van der Waals surface area contributed by atoms with Gasteiger partial charge in [0.1, 0.15) is 0 Å². The van der Waals surface area contributed by atoms with E-state index in [-0.39, 0.29) is 0 Å². The number of likely N-dealkylation sites (N-methyl/N-ethyl adjacent to an activating group) is 1. The molecule has 0 bridgehead atoms. The molecule has 1 N–H and O–H groups in total. The molecule has 0 spiro atoms. The van der Waals surface area contributed by atoms with E-state index in [9.17, 15) is 4.79 Å². The van der Waals surface area contributed by atoms with Crippen molar-refractivity contribution in [3.05, 3.63) is 0 Å². The minimum absolute atomic E-state index is 0.317. The third-order valence-corrected chi connectivity index (χ3v) is 5.43. The van der Waals surface area contributed by atoms with Crippen LogP contribution in [-0.2, 0) is 4.79 Å². The smallest absolute Gasteiger partial charge is 0.236 e. The number of nitrogens with one attached hydrogen (secondary N) is 1. The molecule has 0 aromatic heterocycles. The fraction of sp³-hybridized carbons (Fsp3) is 0.941. The van der Waals surface area contributed by atoms with Crippen LogP contribution < -0.4 is 5.32 Å². The molecule has 4 nitrogen and oxygen atoms in total. The molecule has 0 radical (unpaired) electrons. The van der Waals surface area contributed by atoms with E-state index in [2.05, 4.69) is 24.1 Å². The SMILES string of the molecule is CCC1CN(CC(=O)N(C)C2CCCCC2)C(CC)CN1. The predicted molar refractivity (Wildman–Crippen MR) is 87.4 cm³/mol. The monoisotopic (exact) mass is 295 g/mol. The maximum atomic E-state index is 12.6. The van der Waals surface area contributed by atoms with Crippen LogP contribution in [0.15, 0.2) is 0 Å². The lowest BCUT2D eigenvalue weighted by atomic mass is 9.94. The molecule has 122 valence electrons. The molecule has 2 fully saturated rings. The summed E-state index contributed by atoms with van der Waals surface area (Å²) in [6.07, 6.45) is 8.55. The van der Waals surface area contributed by atoms with Gasteiger partial charge in [0.2, 0.25) is 5.91 Å². The van der Waals surface area contributed by atoms with E-state index in [4.69, 9.17) is 0 Å². The zero-order chi connectivity index (χ0) is 15.2. The molecule has 21 heavy (non-hydrogen) atoms. The molecular formula is C17H33N3O. The Morgan fingerprint density at radius 3 is 2.52 bits per heavy atom.